The molecule has 0 spiro atoms. The number of hydrogen-bond acceptors (Lipinski definition) is 0. The van der Waals surface area contributed by atoms with Crippen LogP contribution in [0.2, 0.25) is 0 Å². The first kappa shape index (κ1) is 12.6. The second-order valence-corrected chi connectivity index (χ2v) is 7.15. The van der Waals surface area contributed by atoms with E-state index >= 15 is 0 Å². The van der Waals surface area contributed by atoms with Gasteiger partial charge in [-0.3, -0.25) is 0 Å². The molecule has 3 aromatic rings. The molecular formula is C18H12Br2. The molecule has 0 amide bonds. The lowest BCUT2D eigenvalue weighted by molar-refractivity contribution is 0.939. The minimum absolute atomic E-state index is 0.399. The van der Waals surface area contributed by atoms with Crippen molar-refractivity contribution in [3.8, 4) is 11.1 Å². The van der Waals surface area contributed by atoms with Gasteiger partial charge in [0.25, 0.3) is 0 Å². The summed E-state index contributed by atoms with van der Waals surface area (Å²) in [6, 6.07) is 19.6. The molecular weight excluding hydrogens is 376 g/mol. The number of halogens is 2. The third-order valence-electron chi connectivity index (χ3n) is 4.08. The largest absolute Gasteiger partial charge is 0.0835 e. The quantitative estimate of drug-likeness (QED) is 0.399. The van der Waals surface area contributed by atoms with E-state index in [2.05, 4.69) is 86.5 Å². The van der Waals surface area contributed by atoms with Gasteiger partial charge in [-0.25, -0.2) is 0 Å². The SMILES string of the molecule is Brc1cc2c(c3ccccc13)CC(Br)c1ccccc1-2. The fourth-order valence-electron chi connectivity index (χ4n) is 3.16. The molecule has 0 bridgehead atoms. The van der Waals surface area contributed by atoms with Crippen molar-refractivity contribution in [1.29, 1.82) is 0 Å². The minimum Gasteiger partial charge on any atom is -0.0835 e. The van der Waals surface area contributed by atoms with Crippen molar-refractivity contribution in [1.82, 2.24) is 0 Å². The zero-order valence-electron chi connectivity index (χ0n) is 10.7. The maximum Gasteiger partial charge on any atom is 0.0442 e. The molecule has 0 saturated carbocycles. The molecule has 3 aromatic carbocycles. The highest BCUT2D eigenvalue weighted by molar-refractivity contribution is 9.10. The predicted molar refractivity (Wildman–Crippen MR) is 92.5 cm³/mol. The topological polar surface area (TPSA) is 0 Å². The molecule has 1 aliphatic carbocycles. The highest BCUT2D eigenvalue weighted by Gasteiger charge is 2.24. The Morgan fingerprint density at radius 1 is 0.850 bits per heavy atom. The minimum atomic E-state index is 0.399. The molecule has 2 heteroatoms. The van der Waals surface area contributed by atoms with Gasteiger partial charge in [-0.15, -0.1) is 0 Å². The smallest absolute Gasteiger partial charge is 0.0442 e. The van der Waals surface area contributed by atoms with Crippen molar-refractivity contribution < 1.29 is 0 Å². The summed E-state index contributed by atoms with van der Waals surface area (Å²) < 4.78 is 1.18. The molecule has 0 aromatic heterocycles. The summed E-state index contributed by atoms with van der Waals surface area (Å²) in [4.78, 5) is 0.399. The first-order chi connectivity index (χ1) is 9.75. The predicted octanol–water partition coefficient (Wildman–Crippen LogP) is 6.26. The Labute approximate surface area is 135 Å². The molecule has 0 heterocycles. The average Bonchev–Trinajstić information content (AvgIpc) is 2.49. The molecule has 0 fully saturated rings. The Kier molecular flexibility index (Phi) is 2.97. The Bertz CT molecular complexity index is 821. The summed E-state index contributed by atoms with van der Waals surface area (Å²) in [6.45, 7) is 0. The molecule has 0 aliphatic heterocycles. The van der Waals surface area contributed by atoms with Crippen LogP contribution < -0.4 is 0 Å². The average molecular weight is 388 g/mol. The standard InChI is InChI=1S/C18H12Br2/c19-17-10-16-12-6-2-4-8-14(12)18(20)9-15(16)11-5-1-3-7-13(11)17/h1-9,17H,10H2. The van der Waals surface area contributed by atoms with Crippen molar-refractivity contribution in [2.45, 2.75) is 11.2 Å². The molecule has 0 saturated heterocycles. The van der Waals surface area contributed by atoms with Crippen LogP contribution in [0.25, 0.3) is 21.9 Å². The van der Waals surface area contributed by atoms with Gasteiger partial charge >= 0.3 is 0 Å². The molecule has 98 valence electrons. The van der Waals surface area contributed by atoms with Crippen molar-refractivity contribution >= 4 is 42.6 Å². The summed E-state index contributed by atoms with van der Waals surface area (Å²) in [6.07, 6.45) is 1.04. The van der Waals surface area contributed by atoms with Crippen LogP contribution in [0.3, 0.4) is 0 Å². The third-order valence-corrected chi connectivity index (χ3v) is 5.55. The monoisotopic (exact) mass is 386 g/mol. The second kappa shape index (κ2) is 4.71. The van der Waals surface area contributed by atoms with Gasteiger partial charge in [0, 0.05) is 9.30 Å². The van der Waals surface area contributed by atoms with Crippen molar-refractivity contribution in [3.05, 3.63) is 70.2 Å². The van der Waals surface area contributed by atoms with E-state index in [1.807, 2.05) is 0 Å². The summed E-state index contributed by atoms with van der Waals surface area (Å²) in [7, 11) is 0. The lowest BCUT2D eigenvalue weighted by Gasteiger charge is -2.26. The first-order valence-electron chi connectivity index (χ1n) is 6.69. The highest BCUT2D eigenvalue weighted by atomic mass is 79.9. The number of rotatable bonds is 0. The van der Waals surface area contributed by atoms with Crippen molar-refractivity contribution in [2.75, 3.05) is 0 Å². The fourth-order valence-corrected chi connectivity index (χ4v) is 4.45. The summed E-state index contributed by atoms with van der Waals surface area (Å²) in [5.41, 5.74) is 5.55. The van der Waals surface area contributed by atoms with Gasteiger partial charge in [-0.2, -0.15) is 0 Å². The van der Waals surface area contributed by atoms with Crippen LogP contribution in [0.15, 0.2) is 59.1 Å². The van der Waals surface area contributed by atoms with Crippen LogP contribution >= 0.6 is 31.9 Å². The first-order valence-corrected chi connectivity index (χ1v) is 8.40. The van der Waals surface area contributed by atoms with E-state index in [1.165, 1.54) is 37.5 Å². The number of alkyl halides is 1. The summed E-state index contributed by atoms with van der Waals surface area (Å²) in [5.74, 6) is 0. The van der Waals surface area contributed by atoms with Gasteiger partial charge < -0.3 is 0 Å². The molecule has 4 rings (SSSR count). The van der Waals surface area contributed by atoms with Crippen LogP contribution in [-0.4, -0.2) is 0 Å². The number of benzene rings is 3. The molecule has 1 unspecified atom stereocenters. The third kappa shape index (κ3) is 1.78. The van der Waals surface area contributed by atoms with E-state index in [1.54, 1.807) is 0 Å². The lowest BCUT2D eigenvalue weighted by atomic mass is 9.83. The Morgan fingerprint density at radius 3 is 2.40 bits per heavy atom. The highest BCUT2D eigenvalue weighted by Crippen LogP contribution is 2.46. The van der Waals surface area contributed by atoms with Gasteiger partial charge in [0.2, 0.25) is 0 Å². The van der Waals surface area contributed by atoms with E-state index in [-0.39, 0.29) is 0 Å². The van der Waals surface area contributed by atoms with Crippen molar-refractivity contribution in [2.24, 2.45) is 0 Å². The van der Waals surface area contributed by atoms with E-state index < -0.39 is 0 Å². The summed E-state index contributed by atoms with van der Waals surface area (Å²) in [5, 5.41) is 2.65. The zero-order chi connectivity index (χ0) is 13.7. The summed E-state index contributed by atoms with van der Waals surface area (Å²) >= 11 is 7.58. The molecule has 1 aliphatic rings. The van der Waals surface area contributed by atoms with Gasteiger partial charge in [-0.05, 0) is 45.5 Å². The van der Waals surface area contributed by atoms with Gasteiger partial charge in [-0.1, -0.05) is 80.4 Å². The van der Waals surface area contributed by atoms with E-state index in [0.717, 1.165) is 6.42 Å². The van der Waals surface area contributed by atoms with Crippen LogP contribution in [0.4, 0.5) is 0 Å². The Hall–Kier alpha value is -1.12. The normalized spacial score (nSPS) is 16.8. The van der Waals surface area contributed by atoms with Crippen LogP contribution in [0.1, 0.15) is 16.0 Å². The van der Waals surface area contributed by atoms with Gasteiger partial charge in [0.05, 0.1) is 0 Å². The maximum absolute atomic E-state index is 3.85. The fraction of sp³-hybridized carbons (Fsp3) is 0.111. The Morgan fingerprint density at radius 2 is 1.55 bits per heavy atom. The van der Waals surface area contributed by atoms with Crippen LogP contribution in [0, 0.1) is 0 Å². The van der Waals surface area contributed by atoms with E-state index in [9.17, 15) is 0 Å². The molecule has 0 radical (unpaired) electrons. The van der Waals surface area contributed by atoms with Gasteiger partial charge in [0.15, 0.2) is 0 Å². The van der Waals surface area contributed by atoms with E-state index in [0.29, 0.717) is 4.83 Å². The van der Waals surface area contributed by atoms with Crippen LogP contribution in [0.5, 0.6) is 0 Å². The number of hydrogen-bond donors (Lipinski definition) is 0. The lowest BCUT2D eigenvalue weighted by Crippen LogP contribution is -2.07. The van der Waals surface area contributed by atoms with Crippen molar-refractivity contribution in [3.63, 3.8) is 0 Å². The molecule has 0 N–H and O–H groups in total. The zero-order valence-corrected chi connectivity index (χ0v) is 13.9. The van der Waals surface area contributed by atoms with Gasteiger partial charge in [0.1, 0.15) is 0 Å². The molecule has 0 nitrogen and oxygen atoms in total. The maximum atomic E-state index is 3.85. The number of fused-ring (bicyclic) bond motifs is 5. The van der Waals surface area contributed by atoms with E-state index in [4.69, 9.17) is 0 Å². The molecule has 1 atom stereocenters. The van der Waals surface area contributed by atoms with Crippen LogP contribution in [-0.2, 0) is 6.42 Å². The second-order valence-electron chi connectivity index (χ2n) is 5.19. The molecule has 20 heavy (non-hydrogen) atoms. The Balaban J connectivity index is 2.13.